The van der Waals surface area contributed by atoms with E-state index in [4.69, 9.17) is 0 Å². The highest BCUT2D eigenvalue weighted by Crippen LogP contribution is 2.18. The fourth-order valence-electron chi connectivity index (χ4n) is 2.78. The largest absolute Gasteiger partial charge is 0.374 e. The van der Waals surface area contributed by atoms with Crippen molar-refractivity contribution in [2.75, 3.05) is 31.6 Å². The zero-order valence-corrected chi connectivity index (χ0v) is 11.8. The normalized spacial score (nSPS) is 19.8. The van der Waals surface area contributed by atoms with E-state index in [0.717, 1.165) is 5.92 Å². The molecule has 18 heavy (non-hydrogen) atoms. The molecular weight excluding hydrogens is 220 g/mol. The number of nitrogens with zero attached hydrogens (tertiary/aromatic N) is 1. The molecule has 0 amide bonds. The van der Waals surface area contributed by atoms with Gasteiger partial charge in [-0.15, -0.1) is 0 Å². The highest BCUT2D eigenvalue weighted by molar-refractivity contribution is 5.46. The van der Waals surface area contributed by atoms with Crippen LogP contribution < -0.4 is 10.2 Å². The Hall–Kier alpha value is -1.02. The highest BCUT2D eigenvalue weighted by atomic mass is 15.1. The second-order valence-corrected chi connectivity index (χ2v) is 5.51. The molecule has 1 aliphatic heterocycles. The zero-order valence-electron chi connectivity index (χ0n) is 11.8. The lowest BCUT2D eigenvalue weighted by Crippen LogP contribution is -2.36. The molecule has 0 spiro atoms. The minimum absolute atomic E-state index is 0.805. The van der Waals surface area contributed by atoms with Crippen LogP contribution >= 0.6 is 0 Å². The maximum atomic E-state index is 3.49. The first-order chi connectivity index (χ1) is 8.79. The summed E-state index contributed by atoms with van der Waals surface area (Å²) >= 11 is 0. The van der Waals surface area contributed by atoms with Gasteiger partial charge in [-0.3, -0.25) is 0 Å². The monoisotopic (exact) mass is 246 g/mol. The maximum Gasteiger partial charge on any atom is 0.0363 e. The van der Waals surface area contributed by atoms with Crippen molar-refractivity contribution in [3.05, 3.63) is 29.8 Å². The van der Waals surface area contributed by atoms with Gasteiger partial charge in [0, 0.05) is 19.3 Å². The standard InChI is InChI=1S/C16H26N2/c1-3-5-14-7-9-16(10-8-14)18(2)13-15-6-4-11-17-12-15/h7-10,15,17H,3-6,11-13H2,1-2H3. The Balaban J connectivity index is 1.89. The average molecular weight is 246 g/mol. The van der Waals surface area contributed by atoms with Crippen molar-refractivity contribution in [2.24, 2.45) is 5.92 Å². The molecule has 0 aromatic heterocycles. The summed E-state index contributed by atoms with van der Waals surface area (Å²) in [7, 11) is 2.21. The van der Waals surface area contributed by atoms with Gasteiger partial charge < -0.3 is 10.2 Å². The fourth-order valence-corrected chi connectivity index (χ4v) is 2.78. The van der Waals surface area contributed by atoms with Gasteiger partial charge in [-0.05, 0) is 56.0 Å². The number of piperidine rings is 1. The van der Waals surface area contributed by atoms with Crippen LogP contribution in [-0.2, 0) is 6.42 Å². The third kappa shape index (κ3) is 3.74. The second-order valence-electron chi connectivity index (χ2n) is 5.51. The number of aryl methyl sites for hydroxylation is 1. The van der Waals surface area contributed by atoms with Gasteiger partial charge in [0.1, 0.15) is 0 Å². The molecule has 1 aromatic rings. The van der Waals surface area contributed by atoms with Crippen molar-refractivity contribution in [1.82, 2.24) is 5.32 Å². The number of nitrogens with one attached hydrogen (secondary N) is 1. The van der Waals surface area contributed by atoms with Crippen LogP contribution in [0.25, 0.3) is 0 Å². The van der Waals surface area contributed by atoms with Crippen LogP contribution in [0.15, 0.2) is 24.3 Å². The van der Waals surface area contributed by atoms with E-state index < -0.39 is 0 Å². The van der Waals surface area contributed by atoms with E-state index >= 15 is 0 Å². The van der Waals surface area contributed by atoms with E-state index in [1.807, 2.05) is 0 Å². The van der Waals surface area contributed by atoms with Gasteiger partial charge in [0.05, 0.1) is 0 Å². The molecule has 1 fully saturated rings. The van der Waals surface area contributed by atoms with Gasteiger partial charge in [-0.2, -0.15) is 0 Å². The molecule has 2 nitrogen and oxygen atoms in total. The van der Waals surface area contributed by atoms with Gasteiger partial charge in [0.2, 0.25) is 0 Å². The summed E-state index contributed by atoms with van der Waals surface area (Å²) in [6, 6.07) is 9.07. The van der Waals surface area contributed by atoms with E-state index in [2.05, 4.69) is 48.5 Å². The molecule has 2 rings (SSSR count). The Labute approximate surface area is 111 Å². The minimum atomic E-state index is 0.805. The predicted molar refractivity (Wildman–Crippen MR) is 79.3 cm³/mol. The van der Waals surface area contributed by atoms with Crippen LogP contribution in [0, 0.1) is 5.92 Å². The van der Waals surface area contributed by atoms with E-state index in [9.17, 15) is 0 Å². The van der Waals surface area contributed by atoms with Crippen molar-refractivity contribution in [1.29, 1.82) is 0 Å². The van der Waals surface area contributed by atoms with Crippen molar-refractivity contribution >= 4 is 5.69 Å². The smallest absolute Gasteiger partial charge is 0.0363 e. The van der Waals surface area contributed by atoms with E-state index in [-0.39, 0.29) is 0 Å². The molecule has 1 heterocycles. The van der Waals surface area contributed by atoms with E-state index in [1.165, 1.54) is 56.6 Å². The van der Waals surface area contributed by atoms with Crippen molar-refractivity contribution in [2.45, 2.75) is 32.6 Å². The number of anilines is 1. The first-order valence-electron chi connectivity index (χ1n) is 7.30. The average Bonchev–Trinajstić information content (AvgIpc) is 2.41. The van der Waals surface area contributed by atoms with Crippen LogP contribution in [0.4, 0.5) is 5.69 Å². The number of hydrogen-bond acceptors (Lipinski definition) is 2. The van der Waals surface area contributed by atoms with Crippen LogP contribution in [0.5, 0.6) is 0 Å². The molecule has 2 heteroatoms. The van der Waals surface area contributed by atoms with Gasteiger partial charge in [-0.25, -0.2) is 0 Å². The lowest BCUT2D eigenvalue weighted by Gasteiger charge is -2.29. The molecule has 1 saturated heterocycles. The molecule has 100 valence electrons. The van der Waals surface area contributed by atoms with E-state index in [1.54, 1.807) is 0 Å². The predicted octanol–water partition coefficient (Wildman–Crippen LogP) is 3.07. The van der Waals surface area contributed by atoms with Gasteiger partial charge in [0.15, 0.2) is 0 Å². The lowest BCUT2D eigenvalue weighted by atomic mass is 9.99. The minimum Gasteiger partial charge on any atom is -0.374 e. The van der Waals surface area contributed by atoms with Crippen molar-refractivity contribution < 1.29 is 0 Å². The summed E-state index contributed by atoms with van der Waals surface area (Å²) < 4.78 is 0. The molecule has 1 aliphatic rings. The highest BCUT2D eigenvalue weighted by Gasteiger charge is 2.15. The quantitative estimate of drug-likeness (QED) is 0.859. The molecule has 0 aliphatic carbocycles. The van der Waals surface area contributed by atoms with Crippen LogP contribution in [0.2, 0.25) is 0 Å². The number of rotatable bonds is 5. The topological polar surface area (TPSA) is 15.3 Å². The Bertz CT molecular complexity index is 339. The third-order valence-corrected chi connectivity index (χ3v) is 3.85. The first-order valence-corrected chi connectivity index (χ1v) is 7.30. The first kappa shape index (κ1) is 13.4. The zero-order chi connectivity index (χ0) is 12.8. The fraction of sp³-hybridized carbons (Fsp3) is 0.625. The molecular formula is C16H26N2. The molecule has 0 radical (unpaired) electrons. The summed E-state index contributed by atoms with van der Waals surface area (Å²) in [5.74, 6) is 0.805. The summed E-state index contributed by atoms with van der Waals surface area (Å²) in [5.41, 5.74) is 2.80. The summed E-state index contributed by atoms with van der Waals surface area (Å²) in [6.07, 6.45) is 5.11. The van der Waals surface area contributed by atoms with Crippen molar-refractivity contribution in [3.63, 3.8) is 0 Å². The Morgan fingerprint density at radius 3 is 2.67 bits per heavy atom. The molecule has 1 atom stereocenters. The summed E-state index contributed by atoms with van der Waals surface area (Å²) in [5, 5.41) is 3.49. The summed E-state index contributed by atoms with van der Waals surface area (Å²) in [6.45, 7) is 5.78. The van der Waals surface area contributed by atoms with Crippen LogP contribution in [0.3, 0.4) is 0 Å². The Morgan fingerprint density at radius 1 is 1.28 bits per heavy atom. The summed E-state index contributed by atoms with van der Waals surface area (Å²) in [4.78, 5) is 2.40. The SMILES string of the molecule is CCCc1ccc(N(C)CC2CCCNC2)cc1. The van der Waals surface area contributed by atoms with E-state index in [0.29, 0.717) is 0 Å². The molecule has 1 unspecified atom stereocenters. The van der Waals surface area contributed by atoms with Crippen LogP contribution in [0.1, 0.15) is 31.7 Å². The van der Waals surface area contributed by atoms with Crippen molar-refractivity contribution in [3.8, 4) is 0 Å². The maximum absolute atomic E-state index is 3.49. The Kier molecular flexibility index (Phi) is 5.06. The van der Waals surface area contributed by atoms with Gasteiger partial charge in [0.25, 0.3) is 0 Å². The number of benzene rings is 1. The molecule has 0 saturated carbocycles. The molecule has 0 bridgehead atoms. The lowest BCUT2D eigenvalue weighted by molar-refractivity contribution is 0.381. The van der Waals surface area contributed by atoms with Gasteiger partial charge in [-0.1, -0.05) is 25.5 Å². The van der Waals surface area contributed by atoms with Gasteiger partial charge >= 0.3 is 0 Å². The molecule has 1 N–H and O–H groups in total. The Morgan fingerprint density at radius 2 is 2.06 bits per heavy atom. The van der Waals surface area contributed by atoms with Crippen LogP contribution in [-0.4, -0.2) is 26.7 Å². The third-order valence-electron chi connectivity index (χ3n) is 3.85. The molecule has 1 aromatic carbocycles. The number of hydrogen-bond donors (Lipinski definition) is 1. The second kappa shape index (κ2) is 6.79.